The smallest absolute Gasteiger partial charge is 0.181 e. The zero-order valence-corrected chi connectivity index (χ0v) is 12.5. The molecule has 1 atom stereocenters. The van der Waals surface area contributed by atoms with Gasteiger partial charge in [-0.25, -0.2) is 8.42 Å². The number of aliphatic hydroxyl groups is 1. The van der Waals surface area contributed by atoms with E-state index in [1.807, 2.05) is 6.07 Å². The van der Waals surface area contributed by atoms with Crippen LogP contribution in [0, 0.1) is 0 Å². The molecule has 2 rings (SSSR count). The van der Waals surface area contributed by atoms with Crippen molar-refractivity contribution in [2.75, 3.05) is 5.75 Å². The summed E-state index contributed by atoms with van der Waals surface area (Å²) in [5, 5.41) is 10.9. The molecule has 0 heterocycles. The number of hydrogen-bond acceptors (Lipinski definition) is 3. The Morgan fingerprint density at radius 1 is 1.05 bits per heavy atom. The van der Waals surface area contributed by atoms with E-state index >= 15 is 0 Å². The molecule has 3 nitrogen and oxygen atoms in total. The lowest BCUT2D eigenvalue weighted by atomic mass is 9.99. The van der Waals surface area contributed by atoms with Crippen LogP contribution in [0.15, 0.2) is 59.5 Å². The molecule has 0 fully saturated rings. The Morgan fingerprint density at radius 2 is 1.60 bits per heavy atom. The van der Waals surface area contributed by atoms with E-state index in [-0.39, 0.29) is 10.6 Å². The quantitative estimate of drug-likeness (QED) is 0.944. The van der Waals surface area contributed by atoms with Crippen molar-refractivity contribution < 1.29 is 13.5 Å². The van der Waals surface area contributed by atoms with Gasteiger partial charge in [-0.3, -0.25) is 0 Å². The first-order chi connectivity index (χ1) is 9.31. The second kappa shape index (κ2) is 5.56. The van der Waals surface area contributed by atoms with Gasteiger partial charge in [0.05, 0.1) is 10.6 Å². The van der Waals surface area contributed by atoms with Crippen LogP contribution in [0.2, 0.25) is 5.02 Å². The third-order valence-corrected chi connectivity index (χ3v) is 5.22. The van der Waals surface area contributed by atoms with Gasteiger partial charge in [-0.1, -0.05) is 41.9 Å². The van der Waals surface area contributed by atoms with E-state index in [0.29, 0.717) is 10.6 Å². The lowest BCUT2D eigenvalue weighted by Crippen LogP contribution is -2.31. The Hall–Kier alpha value is -1.36. The highest BCUT2D eigenvalue weighted by molar-refractivity contribution is 7.91. The summed E-state index contributed by atoms with van der Waals surface area (Å²) in [4.78, 5) is 0.151. The number of sulfone groups is 1. The van der Waals surface area contributed by atoms with Crippen molar-refractivity contribution in [2.24, 2.45) is 0 Å². The van der Waals surface area contributed by atoms with Gasteiger partial charge in [0.1, 0.15) is 5.60 Å². The number of rotatable bonds is 4. The lowest BCUT2D eigenvalue weighted by molar-refractivity contribution is 0.0819. The van der Waals surface area contributed by atoms with Crippen molar-refractivity contribution in [3.63, 3.8) is 0 Å². The molecule has 5 heteroatoms. The summed E-state index contributed by atoms with van der Waals surface area (Å²) >= 11 is 5.75. The van der Waals surface area contributed by atoms with Crippen LogP contribution in [-0.2, 0) is 15.4 Å². The van der Waals surface area contributed by atoms with Gasteiger partial charge in [0.25, 0.3) is 0 Å². The molecule has 0 aliphatic rings. The van der Waals surface area contributed by atoms with Gasteiger partial charge >= 0.3 is 0 Å². The average molecular weight is 311 g/mol. The Balaban J connectivity index is 2.30. The molecule has 0 aliphatic carbocycles. The van der Waals surface area contributed by atoms with Gasteiger partial charge in [0, 0.05) is 5.02 Å². The first kappa shape index (κ1) is 15.0. The van der Waals surface area contributed by atoms with Gasteiger partial charge in [-0.05, 0) is 36.8 Å². The van der Waals surface area contributed by atoms with E-state index in [9.17, 15) is 13.5 Å². The van der Waals surface area contributed by atoms with Crippen LogP contribution >= 0.6 is 11.6 Å². The van der Waals surface area contributed by atoms with E-state index in [2.05, 4.69) is 0 Å². The zero-order chi connectivity index (χ0) is 14.8. The van der Waals surface area contributed by atoms with Crippen LogP contribution < -0.4 is 0 Å². The highest BCUT2D eigenvalue weighted by Crippen LogP contribution is 2.26. The molecule has 0 bridgehead atoms. The Morgan fingerprint density at radius 3 is 2.15 bits per heavy atom. The number of benzene rings is 2. The average Bonchev–Trinajstić information content (AvgIpc) is 2.39. The molecule has 2 aromatic rings. The molecule has 0 amide bonds. The predicted molar refractivity (Wildman–Crippen MR) is 79.5 cm³/mol. The van der Waals surface area contributed by atoms with Crippen molar-refractivity contribution in [3.05, 3.63) is 65.2 Å². The summed E-state index contributed by atoms with van der Waals surface area (Å²) in [5.74, 6) is -0.383. The van der Waals surface area contributed by atoms with Crippen molar-refractivity contribution in [3.8, 4) is 0 Å². The van der Waals surface area contributed by atoms with Gasteiger partial charge in [-0.2, -0.15) is 0 Å². The molecule has 0 unspecified atom stereocenters. The molecule has 1 N–H and O–H groups in total. The van der Waals surface area contributed by atoms with Crippen LogP contribution in [0.3, 0.4) is 0 Å². The van der Waals surface area contributed by atoms with Crippen LogP contribution in [0.5, 0.6) is 0 Å². The van der Waals surface area contributed by atoms with E-state index in [1.165, 1.54) is 31.2 Å². The number of halogens is 1. The molecule has 0 saturated carbocycles. The van der Waals surface area contributed by atoms with E-state index in [1.54, 1.807) is 24.3 Å². The second-order valence-electron chi connectivity index (χ2n) is 4.85. The third kappa shape index (κ3) is 3.39. The minimum absolute atomic E-state index is 0.151. The molecule has 0 spiro atoms. The largest absolute Gasteiger partial charge is 0.384 e. The molecule has 0 saturated heterocycles. The fraction of sp³-hybridized carbons (Fsp3) is 0.200. The summed E-state index contributed by atoms with van der Waals surface area (Å²) in [5.41, 5.74) is -0.878. The minimum atomic E-state index is -3.59. The van der Waals surface area contributed by atoms with E-state index in [4.69, 9.17) is 11.6 Å². The Bertz CT molecular complexity index is 677. The Labute approximate surface area is 123 Å². The molecule has 20 heavy (non-hydrogen) atoms. The molecule has 0 radical (unpaired) electrons. The standard InChI is InChI=1S/C15H15ClO3S/c1-15(17,12-5-3-2-4-6-12)11-20(18,19)14-9-7-13(16)8-10-14/h2-10,17H,11H2,1H3/t15-/m0/s1. The van der Waals surface area contributed by atoms with Crippen molar-refractivity contribution in [2.45, 2.75) is 17.4 Å². The van der Waals surface area contributed by atoms with Crippen molar-refractivity contribution >= 4 is 21.4 Å². The van der Waals surface area contributed by atoms with Crippen molar-refractivity contribution in [1.29, 1.82) is 0 Å². The molecule has 2 aromatic carbocycles. The fourth-order valence-electron chi connectivity index (χ4n) is 1.98. The van der Waals surface area contributed by atoms with Crippen LogP contribution in [0.4, 0.5) is 0 Å². The van der Waals surface area contributed by atoms with Crippen LogP contribution in [0.25, 0.3) is 0 Å². The third-order valence-electron chi connectivity index (χ3n) is 3.04. The normalized spacial score (nSPS) is 14.8. The SMILES string of the molecule is C[C@](O)(CS(=O)(=O)c1ccc(Cl)cc1)c1ccccc1. The van der Waals surface area contributed by atoms with E-state index < -0.39 is 15.4 Å². The highest BCUT2D eigenvalue weighted by Gasteiger charge is 2.31. The van der Waals surface area contributed by atoms with Gasteiger partial charge in [0.2, 0.25) is 0 Å². The fourth-order valence-corrected chi connectivity index (χ4v) is 3.73. The summed E-state index contributed by atoms with van der Waals surface area (Å²) in [6, 6.07) is 14.7. The predicted octanol–water partition coefficient (Wildman–Crippen LogP) is 3.02. The maximum absolute atomic E-state index is 12.3. The van der Waals surface area contributed by atoms with Crippen molar-refractivity contribution in [1.82, 2.24) is 0 Å². The van der Waals surface area contributed by atoms with Crippen LogP contribution in [-0.4, -0.2) is 19.3 Å². The highest BCUT2D eigenvalue weighted by atomic mass is 35.5. The monoisotopic (exact) mass is 310 g/mol. The molecule has 106 valence electrons. The first-order valence-electron chi connectivity index (χ1n) is 6.07. The molecular weight excluding hydrogens is 296 g/mol. The Kier molecular flexibility index (Phi) is 4.18. The molecule has 0 aromatic heterocycles. The molecular formula is C15H15ClO3S. The lowest BCUT2D eigenvalue weighted by Gasteiger charge is -2.23. The van der Waals surface area contributed by atoms with Gasteiger partial charge in [0.15, 0.2) is 9.84 Å². The summed E-state index contributed by atoms with van der Waals surface area (Å²) in [7, 11) is -3.59. The first-order valence-corrected chi connectivity index (χ1v) is 8.10. The van der Waals surface area contributed by atoms with Gasteiger partial charge < -0.3 is 5.11 Å². The zero-order valence-electron chi connectivity index (χ0n) is 11.0. The summed E-state index contributed by atoms with van der Waals surface area (Å²) in [6.07, 6.45) is 0. The van der Waals surface area contributed by atoms with Crippen LogP contribution in [0.1, 0.15) is 12.5 Å². The second-order valence-corrected chi connectivity index (χ2v) is 7.28. The van der Waals surface area contributed by atoms with Gasteiger partial charge in [-0.15, -0.1) is 0 Å². The topological polar surface area (TPSA) is 54.4 Å². The summed E-state index contributed by atoms with van der Waals surface area (Å²) in [6.45, 7) is 1.50. The number of hydrogen-bond donors (Lipinski definition) is 1. The molecule has 0 aliphatic heterocycles. The van der Waals surface area contributed by atoms with E-state index in [0.717, 1.165) is 0 Å². The maximum Gasteiger partial charge on any atom is 0.181 e. The maximum atomic E-state index is 12.3. The summed E-state index contributed by atoms with van der Waals surface area (Å²) < 4.78 is 24.7. The minimum Gasteiger partial charge on any atom is -0.384 e.